The molecule has 1 unspecified atom stereocenters. The Kier molecular flexibility index (Phi) is 5.16. The van der Waals surface area contributed by atoms with Gasteiger partial charge in [0.2, 0.25) is 0 Å². The normalized spacial score (nSPS) is 13.3. The number of carboxylic acid groups (broad SMARTS) is 1. The fraction of sp³-hybridized carbons (Fsp3) is 0.353. The van der Waals surface area contributed by atoms with Gasteiger partial charge in [-0.3, -0.25) is 4.79 Å². The van der Waals surface area contributed by atoms with Gasteiger partial charge in [0.25, 0.3) is 0 Å². The molecule has 0 amide bonds. The summed E-state index contributed by atoms with van der Waals surface area (Å²) in [7, 11) is 0. The molecule has 6 heteroatoms. The van der Waals surface area contributed by atoms with Crippen molar-refractivity contribution in [3.8, 4) is 0 Å². The number of aromatic carboxylic acids is 1. The summed E-state index contributed by atoms with van der Waals surface area (Å²) in [5.74, 6) is -1.03. The molecule has 6 nitrogen and oxygen atoms in total. The fourth-order valence-corrected chi connectivity index (χ4v) is 2.50. The average Bonchev–Trinajstić information content (AvgIpc) is 2.97. The number of rotatable bonds is 6. The molecule has 1 aromatic heterocycles. The van der Waals surface area contributed by atoms with Gasteiger partial charge in [-0.15, -0.1) is 0 Å². The molecule has 2 aromatic rings. The van der Waals surface area contributed by atoms with Gasteiger partial charge >= 0.3 is 11.9 Å². The molecule has 1 heterocycles. The molecule has 0 aliphatic heterocycles. The molecule has 0 saturated carbocycles. The van der Waals surface area contributed by atoms with Gasteiger partial charge in [0.1, 0.15) is 18.1 Å². The Hall–Kier alpha value is -2.63. The van der Waals surface area contributed by atoms with Crippen LogP contribution in [0.5, 0.6) is 0 Å². The van der Waals surface area contributed by atoms with Crippen LogP contribution in [0, 0.1) is 0 Å². The molecule has 0 aliphatic rings. The van der Waals surface area contributed by atoms with E-state index in [9.17, 15) is 14.7 Å². The van der Waals surface area contributed by atoms with Crippen molar-refractivity contribution in [3.05, 3.63) is 53.6 Å². The van der Waals surface area contributed by atoms with Crippen LogP contribution in [0.15, 0.2) is 36.5 Å². The van der Waals surface area contributed by atoms with Gasteiger partial charge in [0.15, 0.2) is 0 Å². The van der Waals surface area contributed by atoms with Crippen LogP contribution in [-0.4, -0.2) is 33.2 Å². The molecule has 122 valence electrons. The highest BCUT2D eigenvalue weighted by atomic mass is 16.5. The third kappa shape index (κ3) is 3.77. The van der Waals surface area contributed by atoms with E-state index < -0.39 is 5.97 Å². The first kappa shape index (κ1) is 16.7. The number of benzene rings is 1. The quantitative estimate of drug-likeness (QED) is 0.829. The first-order valence-electron chi connectivity index (χ1n) is 7.40. The fourth-order valence-electron chi connectivity index (χ4n) is 2.50. The summed E-state index contributed by atoms with van der Waals surface area (Å²) in [5, 5.41) is 9.43. The number of carbonyl (C=O) groups excluding carboxylic acids is 1. The first-order valence-corrected chi connectivity index (χ1v) is 7.40. The van der Waals surface area contributed by atoms with Crippen molar-refractivity contribution in [1.29, 1.82) is 0 Å². The zero-order valence-corrected chi connectivity index (χ0v) is 13.4. The lowest BCUT2D eigenvalue weighted by molar-refractivity contribution is -0.141. The van der Waals surface area contributed by atoms with Crippen LogP contribution in [0.2, 0.25) is 0 Å². The Morgan fingerprint density at radius 2 is 1.91 bits per heavy atom. The van der Waals surface area contributed by atoms with Crippen molar-refractivity contribution in [2.45, 2.75) is 32.7 Å². The second kappa shape index (κ2) is 7.09. The number of esters is 1. The van der Waals surface area contributed by atoms with Crippen LogP contribution < -0.4 is 0 Å². The number of nitrogens with zero attached hydrogens (tertiary/aromatic N) is 2. The van der Waals surface area contributed by atoms with Gasteiger partial charge in [0.05, 0.1) is 12.2 Å². The molecule has 1 N–H and O–H groups in total. The molecule has 0 spiro atoms. The summed E-state index contributed by atoms with van der Waals surface area (Å²) < 4.78 is 6.71. The van der Waals surface area contributed by atoms with Crippen LogP contribution >= 0.6 is 0 Å². The lowest BCUT2D eigenvalue weighted by Gasteiger charge is -2.21. The van der Waals surface area contributed by atoms with E-state index in [4.69, 9.17) is 4.74 Å². The summed E-state index contributed by atoms with van der Waals surface area (Å²) in [6, 6.07) is 9.41. The first-order chi connectivity index (χ1) is 10.9. The van der Waals surface area contributed by atoms with Gasteiger partial charge < -0.3 is 14.4 Å². The standard InChI is InChI=1S/C17H20N2O4/c1-11(10-23-13(3)20)16-18-9-15(17(21)22)19(16)12(2)14-7-5-4-6-8-14/h4-9,11-12H,10H2,1-3H3,(H,21,22)/t11?,12-/m1/s1. The average molecular weight is 316 g/mol. The third-order valence-corrected chi connectivity index (χ3v) is 3.69. The van der Waals surface area contributed by atoms with E-state index in [1.54, 1.807) is 4.57 Å². The van der Waals surface area contributed by atoms with E-state index in [1.807, 2.05) is 44.2 Å². The van der Waals surface area contributed by atoms with Crippen LogP contribution in [0.4, 0.5) is 0 Å². The Morgan fingerprint density at radius 1 is 1.26 bits per heavy atom. The van der Waals surface area contributed by atoms with Crippen LogP contribution in [-0.2, 0) is 9.53 Å². The van der Waals surface area contributed by atoms with Crippen molar-refractivity contribution in [3.63, 3.8) is 0 Å². The van der Waals surface area contributed by atoms with Crippen molar-refractivity contribution < 1.29 is 19.4 Å². The van der Waals surface area contributed by atoms with Crippen LogP contribution in [0.25, 0.3) is 0 Å². The number of ether oxygens (including phenoxy) is 1. The van der Waals surface area contributed by atoms with Crippen molar-refractivity contribution in [1.82, 2.24) is 9.55 Å². The lowest BCUT2D eigenvalue weighted by Crippen LogP contribution is -2.20. The van der Waals surface area contributed by atoms with Crippen molar-refractivity contribution in [2.24, 2.45) is 0 Å². The Labute approximate surface area is 134 Å². The van der Waals surface area contributed by atoms with E-state index in [0.717, 1.165) is 5.56 Å². The van der Waals surface area contributed by atoms with Gasteiger partial charge in [-0.2, -0.15) is 0 Å². The summed E-state index contributed by atoms with van der Waals surface area (Å²) in [6.07, 6.45) is 1.35. The molecule has 0 aliphatic carbocycles. The summed E-state index contributed by atoms with van der Waals surface area (Å²) >= 11 is 0. The molecule has 23 heavy (non-hydrogen) atoms. The maximum Gasteiger partial charge on any atom is 0.354 e. The maximum absolute atomic E-state index is 11.5. The predicted molar refractivity (Wildman–Crippen MR) is 84.5 cm³/mol. The number of imidazole rings is 1. The molecule has 2 rings (SSSR count). The summed E-state index contributed by atoms with van der Waals surface area (Å²) in [5.41, 5.74) is 1.10. The molecule has 0 saturated heterocycles. The summed E-state index contributed by atoms with van der Waals surface area (Å²) in [4.78, 5) is 26.8. The maximum atomic E-state index is 11.5. The smallest absolute Gasteiger partial charge is 0.354 e. The molecular weight excluding hydrogens is 296 g/mol. The highest BCUT2D eigenvalue weighted by Gasteiger charge is 2.24. The zero-order chi connectivity index (χ0) is 17.0. The molecule has 1 aromatic carbocycles. The topological polar surface area (TPSA) is 81.4 Å². The molecule has 2 atom stereocenters. The molecule has 0 bridgehead atoms. The van der Waals surface area contributed by atoms with Gasteiger partial charge in [-0.05, 0) is 12.5 Å². The van der Waals surface area contributed by atoms with Crippen LogP contribution in [0.1, 0.15) is 54.6 Å². The highest BCUT2D eigenvalue weighted by molar-refractivity contribution is 5.85. The van der Waals surface area contributed by atoms with Gasteiger partial charge in [-0.25, -0.2) is 9.78 Å². The molecular formula is C17H20N2O4. The highest BCUT2D eigenvalue weighted by Crippen LogP contribution is 2.26. The number of hydrogen-bond acceptors (Lipinski definition) is 4. The van der Waals surface area contributed by atoms with Crippen LogP contribution in [0.3, 0.4) is 0 Å². The van der Waals surface area contributed by atoms with E-state index in [2.05, 4.69) is 4.98 Å². The minimum absolute atomic E-state index is 0.117. The monoisotopic (exact) mass is 316 g/mol. The number of carbonyl (C=O) groups is 2. The Balaban J connectivity index is 2.41. The minimum atomic E-state index is -1.04. The Morgan fingerprint density at radius 3 is 2.48 bits per heavy atom. The van der Waals surface area contributed by atoms with E-state index in [0.29, 0.717) is 5.82 Å². The number of hydrogen-bond donors (Lipinski definition) is 1. The Bertz CT molecular complexity index is 694. The lowest BCUT2D eigenvalue weighted by atomic mass is 10.1. The SMILES string of the molecule is CC(=O)OCC(C)c1ncc(C(=O)O)n1[C@H](C)c1ccccc1. The zero-order valence-electron chi connectivity index (χ0n) is 13.4. The van der Waals surface area contributed by atoms with Crippen molar-refractivity contribution in [2.75, 3.05) is 6.61 Å². The number of carboxylic acids is 1. The summed E-state index contributed by atoms with van der Waals surface area (Å²) in [6.45, 7) is 5.28. The van der Waals surface area contributed by atoms with E-state index in [-0.39, 0.29) is 30.2 Å². The molecule has 0 fully saturated rings. The predicted octanol–water partition coefficient (Wildman–Crippen LogP) is 2.86. The van der Waals surface area contributed by atoms with Gasteiger partial charge in [0, 0.05) is 12.8 Å². The second-order valence-electron chi connectivity index (χ2n) is 5.47. The van der Waals surface area contributed by atoms with Crippen molar-refractivity contribution >= 4 is 11.9 Å². The number of aromatic nitrogens is 2. The van der Waals surface area contributed by atoms with E-state index in [1.165, 1.54) is 13.1 Å². The molecule has 0 radical (unpaired) electrons. The largest absolute Gasteiger partial charge is 0.477 e. The second-order valence-corrected chi connectivity index (χ2v) is 5.47. The van der Waals surface area contributed by atoms with Gasteiger partial charge in [-0.1, -0.05) is 37.3 Å². The third-order valence-electron chi connectivity index (χ3n) is 3.69. The minimum Gasteiger partial charge on any atom is -0.477 e. The van der Waals surface area contributed by atoms with E-state index >= 15 is 0 Å².